The number of nitrogens with one attached hydrogen (secondary N) is 2. The van der Waals surface area contributed by atoms with E-state index in [9.17, 15) is 8.42 Å². The summed E-state index contributed by atoms with van der Waals surface area (Å²) in [4.78, 5) is 4.58. The van der Waals surface area contributed by atoms with Gasteiger partial charge in [-0.3, -0.25) is 9.67 Å². The normalized spacial score (nSPS) is 13.4. The first-order valence-corrected chi connectivity index (χ1v) is 12.3. The quantitative estimate of drug-likeness (QED) is 0.300. The van der Waals surface area contributed by atoms with Crippen molar-refractivity contribution in [3.63, 3.8) is 0 Å². The molecule has 0 spiro atoms. The Morgan fingerprint density at radius 2 is 1.78 bits per heavy atom. The van der Waals surface area contributed by atoms with Crippen molar-refractivity contribution < 1.29 is 8.42 Å². The second-order valence-corrected chi connectivity index (χ2v) is 11.2. The summed E-state index contributed by atoms with van der Waals surface area (Å²) >= 11 is 0. The number of rotatable bonds is 7. The molecule has 2 rings (SSSR count). The number of hydrogen-bond donors (Lipinski definition) is 2. The van der Waals surface area contributed by atoms with Gasteiger partial charge in [0.1, 0.15) is 0 Å². The molecule has 0 saturated heterocycles. The molecule has 0 aliphatic carbocycles. The molecule has 1 atom stereocenters. The largest absolute Gasteiger partial charge is 0.355 e. The van der Waals surface area contributed by atoms with Crippen LogP contribution in [0.15, 0.2) is 34.2 Å². The molecule has 0 aliphatic heterocycles. The zero-order valence-electron chi connectivity index (χ0n) is 20.5. The summed E-state index contributed by atoms with van der Waals surface area (Å²) in [6.07, 6.45) is 0.810. The zero-order chi connectivity index (χ0) is 23.4. The summed E-state index contributed by atoms with van der Waals surface area (Å²) in [7, 11) is 0.261. The van der Waals surface area contributed by atoms with Crippen LogP contribution in [0.2, 0.25) is 0 Å². The third kappa shape index (κ3) is 7.47. The smallest absolute Gasteiger partial charge is 0.191 e. The molecule has 0 amide bonds. The lowest BCUT2D eigenvalue weighted by Crippen LogP contribution is -2.44. The maximum absolute atomic E-state index is 12.7. The topological polar surface area (TPSA) is 88.4 Å². The molecule has 0 bridgehead atoms. The highest BCUT2D eigenvalue weighted by Crippen LogP contribution is 2.23. The standard InChI is InChI=1S/C23H37N5O2S.HI/c1-16(15-21-17(2)27-28(8)18(21)3)26-22(24-7)25-13-14-31(29,30)20-11-9-19(10-12-20)23(4,5)6;/h9-12,16H,13-15H2,1-8H3,(H2,24,25,26);1H. The van der Waals surface area contributed by atoms with Gasteiger partial charge in [0.15, 0.2) is 15.8 Å². The van der Waals surface area contributed by atoms with Gasteiger partial charge in [0, 0.05) is 32.4 Å². The second-order valence-electron chi connectivity index (χ2n) is 9.11. The number of hydrogen-bond acceptors (Lipinski definition) is 4. The SMILES string of the molecule is CN=C(NCCS(=O)(=O)c1ccc(C(C)(C)C)cc1)NC(C)Cc1c(C)nn(C)c1C.I. The van der Waals surface area contributed by atoms with Crippen molar-refractivity contribution in [2.24, 2.45) is 12.0 Å². The number of aromatic nitrogens is 2. The fourth-order valence-corrected chi connectivity index (χ4v) is 4.64. The van der Waals surface area contributed by atoms with Gasteiger partial charge in [-0.15, -0.1) is 24.0 Å². The van der Waals surface area contributed by atoms with Crippen LogP contribution in [0.4, 0.5) is 0 Å². The molecule has 180 valence electrons. The molecule has 9 heteroatoms. The van der Waals surface area contributed by atoms with E-state index in [4.69, 9.17) is 0 Å². The van der Waals surface area contributed by atoms with Gasteiger partial charge < -0.3 is 10.6 Å². The predicted octanol–water partition coefficient (Wildman–Crippen LogP) is 3.52. The van der Waals surface area contributed by atoms with E-state index in [-0.39, 0.29) is 47.7 Å². The average Bonchev–Trinajstić information content (AvgIpc) is 2.92. The number of aliphatic imine (C=N–C) groups is 1. The molecule has 2 N–H and O–H groups in total. The Morgan fingerprint density at radius 1 is 1.19 bits per heavy atom. The van der Waals surface area contributed by atoms with Gasteiger partial charge >= 0.3 is 0 Å². The molecule has 1 unspecified atom stereocenters. The lowest BCUT2D eigenvalue weighted by molar-refractivity contribution is 0.585. The molecular weight excluding hydrogens is 537 g/mol. The molecule has 2 aromatic rings. The van der Waals surface area contributed by atoms with E-state index in [0.717, 1.165) is 23.4 Å². The van der Waals surface area contributed by atoms with Crippen LogP contribution < -0.4 is 10.6 Å². The fraction of sp³-hybridized carbons (Fsp3) is 0.565. The van der Waals surface area contributed by atoms with Crippen LogP contribution in [-0.2, 0) is 28.7 Å². The third-order valence-corrected chi connectivity index (χ3v) is 7.25. The van der Waals surface area contributed by atoms with Gasteiger partial charge in [-0.25, -0.2) is 8.42 Å². The second kappa shape index (κ2) is 11.5. The van der Waals surface area contributed by atoms with E-state index in [2.05, 4.69) is 55.3 Å². The van der Waals surface area contributed by atoms with Crippen LogP contribution in [-0.4, -0.2) is 49.5 Å². The van der Waals surface area contributed by atoms with Crippen molar-refractivity contribution in [2.75, 3.05) is 19.3 Å². The van der Waals surface area contributed by atoms with Gasteiger partial charge in [-0.1, -0.05) is 32.9 Å². The fourth-order valence-electron chi connectivity index (χ4n) is 3.48. The Balaban J connectivity index is 0.00000512. The van der Waals surface area contributed by atoms with E-state index in [1.165, 1.54) is 5.56 Å². The summed E-state index contributed by atoms with van der Waals surface area (Å²) in [5, 5.41) is 10.9. The first-order chi connectivity index (χ1) is 14.3. The number of nitrogens with zero attached hydrogens (tertiary/aromatic N) is 3. The van der Waals surface area contributed by atoms with Gasteiger partial charge in [0.05, 0.1) is 16.3 Å². The van der Waals surface area contributed by atoms with Crippen LogP contribution in [0.3, 0.4) is 0 Å². The van der Waals surface area contributed by atoms with E-state index in [0.29, 0.717) is 10.9 Å². The van der Waals surface area contributed by atoms with Crippen molar-refractivity contribution in [2.45, 2.75) is 64.3 Å². The van der Waals surface area contributed by atoms with E-state index in [1.807, 2.05) is 30.8 Å². The highest BCUT2D eigenvalue weighted by molar-refractivity contribution is 14.0. The van der Waals surface area contributed by atoms with Gasteiger partial charge in [-0.2, -0.15) is 5.10 Å². The van der Waals surface area contributed by atoms with Crippen molar-refractivity contribution in [1.82, 2.24) is 20.4 Å². The Kier molecular flexibility index (Phi) is 10.2. The average molecular weight is 576 g/mol. The maximum Gasteiger partial charge on any atom is 0.191 e. The lowest BCUT2D eigenvalue weighted by Gasteiger charge is -2.19. The first kappa shape index (κ1) is 28.4. The predicted molar refractivity (Wildman–Crippen MR) is 143 cm³/mol. The number of guanidine groups is 1. The number of halogens is 1. The van der Waals surface area contributed by atoms with Crippen LogP contribution in [0.5, 0.6) is 0 Å². The number of benzene rings is 1. The highest BCUT2D eigenvalue weighted by atomic mass is 127. The van der Waals surface area contributed by atoms with Crippen LogP contribution in [0.25, 0.3) is 0 Å². The van der Waals surface area contributed by atoms with Crippen molar-refractivity contribution in [1.29, 1.82) is 0 Å². The van der Waals surface area contributed by atoms with Gasteiger partial charge in [-0.05, 0) is 55.9 Å². The lowest BCUT2D eigenvalue weighted by atomic mass is 9.87. The maximum atomic E-state index is 12.7. The molecule has 32 heavy (non-hydrogen) atoms. The molecule has 0 fully saturated rings. The molecule has 1 aromatic carbocycles. The summed E-state index contributed by atoms with van der Waals surface area (Å²) in [5.74, 6) is 0.586. The molecule has 1 heterocycles. The number of aryl methyl sites for hydroxylation is 2. The Labute approximate surface area is 210 Å². The Bertz CT molecular complexity index is 1020. The van der Waals surface area contributed by atoms with Gasteiger partial charge in [0.25, 0.3) is 0 Å². The molecule has 0 radical (unpaired) electrons. The minimum Gasteiger partial charge on any atom is -0.355 e. The van der Waals surface area contributed by atoms with Crippen molar-refractivity contribution in [3.05, 3.63) is 46.8 Å². The molecule has 0 saturated carbocycles. The minimum absolute atomic E-state index is 0. The van der Waals surface area contributed by atoms with E-state index in [1.54, 1.807) is 19.2 Å². The summed E-state index contributed by atoms with van der Waals surface area (Å²) < 4.78 is 27.3. The molecule has 7 nitrogen and oxygen atoms in total. The van der Waals surface area contributed by atoms with Crippen molar-refractivity contribution in [3.8, 4) is 0 Å². The Hall–Kier alpha value is -1.62. The van der Waals surface area contributed by atoms with Crippen LogP contribution >= 0.6 is 24.0 Å². The van der Waals surface area contributed by atoms with Crippen LogP contribution in [0.1, 0.15) is 50.2 Å². The van der Waals surface area contributed by atoms with E-state index < -0.39 is 9.84 Å². The minimum atomic E-state index is -3.37. The molecule has 0 aliphatic rings. The van der Waals surface area contributed by atoms with Gasteiger partial charge in [0.2, 0.25) is 0 Å². The number of sulfone groups is 1. The third-order valence-electron chi connectivity index (χ3n) is 5.52. The molecule has 1 aromatic heterocycles. The van der Waals surface area contributed by atoms with E-state index >= 15 is 0 Å². The van der Waals surface area contributed by atoms with Crippen molar-refractivity contribution >= 4 is 39.8 Å². The summed E-state index contributed by atoms with van der Waals surface area (Å²) in [6.45, 7) is 12.8. The highest BCUT2D eigenvalue weighted by Gasteiger charge is 2.18. The first-order valence-electron chi connectivity index (χ1n) is 10.6. The summed E-state index contributed by atoms with van der Waals surface area (Å²) in [5.41, 5.74) is 4.50. The monoisotopic (exact) mass is 575 g/mol. The Morgan fingerprint density at radius 3 is 2.25 bits per heavy atom. The summed E-state index contributed by atoms with van der Waals surface area (Å²) in [6, 6.07) is 7.30. The zero-order valence-corrected chi connectivity index (χ0v) is 23.6. The van der Waals surface area contributed by atoms with Crippen LogP contribution in [0, 0.1) is 13.8 Å². The molecular formula is C23H38IN5O2S.